The Kier molecular flexibility index (Phi) is 5.77. The second-order valence-electron chi connectivity index (χ2n) is 6.60. The van der Waals surface area contributed by atoms with E-state index in [2.05, 4.69) is 14.8 Å². The summed E-state index contributed by atoms with van der Waals surface area (Å²) in [5.74, 6) is 2.70. The molecule has 0 amide bonds. The minimum absolute atomic E-state index is 0.261. The van der Waals surface area contributed by atoms with Crippen LogP contribution in [0.1, 0.15) is 38.1 Å². The number of ether oxygens (including phenoxy) is 1. The average molecular weight is 387 g/mol. The zero-order valence-electron chi connectivity index (χ0n) is 15.0. The number of benzene rings is 1. The van der Waals surface area contributed by atoms with Crippen LogP contribution in [0.15, 0.2) is 52.2 Å². The third kappa shape index (κ3) is 4.35. The van der Waals surface area contributed by atoms with Gasteiger partial charge in [-0.2, -0.15) is 0 Å². The highest BCUT2D eigenvalue weighted by atomic mass is 32.2. The summed E-state index contributed by atoms with van der Waals surface area (Å²) in [4.78, 5) is 0. The molecule has 1 fully saturated rings. The third-order valence-electron chi connectivity index (χ3n) is 4.74. The van der Waals surface area contributed by atoms with Crippen LogP contribution >= 0.6 is 11.8 Å². The molecule has 1 saturated carbocycles. The predicted molar refractivity (Wildman–Crippen MR) is 102 cm³/mol. The lowest BCUT2D eigenvalue weighted by Crippen LogP contribution is -2.15. The van der Waals surface area contributed by atoms with Gasteiger partial charge in [-0.15, -0.1) is 10.2 Å². The van der Waals surface area contributed by atoms with E-state index in [1.54, 1.807) is 30.2 Å². The first-order valence-electron chi connectivity index (χ1n) is 9.31. The molecule has 0 aliphatic heterocycles. The minimum atomic E-state index is -0.261. The number of halogens is 1. The molecule has 3 aromatic rings. The number of aromatic nitrogens is 3. The summed E-state index contributed by atoms with van der Waals surface area (Å²) in [6.45, 7) is 0.518. The van der Waals surface area contributed by atoms with Crippen LogP contribution in [0.2, 0.25) is 0 Å². The fraction of sp³-hybridized carbons (Fsp3) is 0.400. The molecule has 27 heavy (non-hydrogen) atoms. The summed E-state index contributed by atoms with van der Waals surface area (Å²) in [7, 11) is 0. The van der Waals surface area contributed by atoms with Gasteiger partial charge in [0.05, 0.1) is 12.9 Å². The predicted octanol–water partition coefficient (Wildman–Crippen LogP) is 5.35. The molecule has 0 spiro atoms. The second kappa shape index (κ2) is 8.61. The van der Waals surface area contributed by atoms with Crippen molar-refractivity contribution in [1.29, 1.82) is 0 Å². The normalized spacial score (nSPS) is 15.1. The van der Waals surface area contributed by atoms with Crippen LogP contribution < -0.4 is 4.74 Å². The van der Waals surface area contributed by atoms with Crippen molar-refractivity contribution >= 4 is 11.8 Å². The van der Waals surface area contributed by atoms with Crippen LogP contribution in [-0.2, 0) is 0 Å². The van der Waals surface area contributed by atoms with Crippen LogP contribution in [0, 0.1) is 5.82 Å². The smallest absolute Gasteiger partial charge is 0.200 e. The van der Waals surface area contributed by atoms with Crippen LogP contribution in [0.5, 0.6) is 5.75 Å². The molecule has 2 heterocycles. The number of thioether (sulfide) groups is 1. The highest BCUT2D eigenvalue weighted by Crippen LogP contribution is 2.35. The number of rotatable bonds is 7. The lowest BCUT2D eigenvalue weighted by Gasteiger charge is -2.25. The second-order valence-corrected chi connectivity index (χ2v) is 7.66. The van der Waals surface area contributed by atoms with Crippen LogP contribution in [0.4, 0.5) is 4.39 Å². The Bertz CT molecular complexity index is 843. The van der Waals surface area contributed by atoms with Crippen LogP contribution in [0.3, 0.4) is 0 Å². The lowest BCUT2D eigenvalue weighted by molar-refractivity contribution is 0.335. The van der Waals surface area contributed by atoms with Gasteiger partial charge in [-0.05, 0) is 49.2 Å². The molecular formula is C20H22FN3O2S. The molecule has 0 radical (unpaired) electrons. The standard InChI is InChI=1S/C20H22FN3O2S/c21-15-8-10-17(11-9-15)25-13-14-27-20-23-22-19(18-7-4-12-26-18)24(20)16-5-2-1-3-6-16/h4,7-12,16H,1-3,5-6,13-14H2. The number of hydrogen-bond acceptors (Lipinski definition) is 5. The van der Waals surface area contributed by atoms with Crippen molar-refractivity contribution in [2.75, 3.05) is 12.4 Å². The Hall–Kier alpha value is -2.28. The molecule has 7 heteroatoms. The SMILES string of the molecule is Fc1ccc(OCCSc2nnc(-c3ccco3)n2C2CCCCC2)cc1. The quantitative estimate of drug-likeness (QED) is 0.404. The van der Waals surface area contributed by atoms with E-state index in [1.807, 2.05) is 12.1 Å². The Morgan fingerprint density at radius 2 is 1.93 bits per heavy atom. The molecule has 0 saturated heterocycles. The zero-order chi connectivity index (χ0) is 18.5. The Labute approximate surface area is 161 Å². The maximum Gasteiger partial charge on any atom is 0.200 e. The lowest BCUT2D eigenvalue weighted by atomic mass is 9.95. The zero-order valence-corrected chi connectivity index (χ0v) is 15.8. The largest absolute Gasteiger partial charge is 0.493 e. The first kappa shape index (κ1) is 18.1. The van der Waals surface area contributed by atoms with Crippen molar-refractivity contribution in [3.63, 3.8) is 0 Å². The van der Waals surface area contributed by atoms with Gasteiger partial charge in [-0.1, -0.05) is 31.0 Å². The van der Waals surface area contributed by atoms with E-state index in [0.29, 0.717) is 18.4 Å². The van der Waals surface area contributed by atoms with Gasteiger partial charge in [0.2, 0.25) is 5.82 Å². The van der Waals surface area contributed by atoms with Crippen molar-refractivity contribution in [1.82, 2.24) is 14.8 Å². The number of hydrogen-bond donors (Lipinski definition) is 0. The van der Waals surface area contributed by atoms with E-state index < -0.39 is 0 Å². The van der Waals surface area contributed by atoms with Crippen molar-refractivity contribution in [3.8, 4) is 17.3 Å². The summed E-state index contributed by atoms with van der Waals surface area (Å²) in [6.07, 6.45) is 7.72. The minimum Gasteiger partial charge on any atom is -0.493 e. The summed E-state index contributed by atoms with van der Waals surface area (Å²) in [6, 6.07) is 10.3. The van der Waals surface area contributed by atoms with E-state index >= 15 is 0 Å². The molecular weight excluding hydrogens is 365 g/mol. The van der Waals surface area contributed by atoms with Gasteiger partial charge in [0.1, 0.15) is 11.6 Å². The summed E-state index contributed by atoms with van der Waals surface area (Å²) >= 11 is 1.63. The molecule has 1 aliphatic rings. The first-order valence-corrected chi connectivity index (χ1v) is 10.3. The van der Waals surface area contributed by atoms with Gasteiger partial charge in [-0.3, -0.25) is 4.57 Å². The molecule has 5 nitrogen and oxygen atoms in total. The molecule has 142 valence electrons. The van der Waals surface area contributed by atoms with Crippen molar-refractivity contribution < 1.29 is 13.5 Å². The van der Waals surface area contributed by atoms with E-state index in [4.69, 9.17) is 9.15 Å². The van der Waals surface area contributed by atoms with Gasteiger partial charge >= 0.3 is 0 Å². The molecule has 0 atom stereocenters. The fourth-order valence-corrected chi connectivity index (χ4v) is 4.26. The van der Waals surface area contributed by atoms with Crippen molar-refractivity contribution in [2.45, 2.75) is 43.3 Å². The molecule has 2 aromatic heterocycles. The molecule has 4 rings (SSSR count). The maximum absolute atomic E-state index is 13.0. The maximum atomic E-state index is 13.0. The fourth-order valence-electron chi connectivity index (χ4n) is 3.44. The Morgan fingerprint density at radius 3 is 2.67 bits per heavy atom. The summed E-state index contributed by atoms with van der Waals surface area (Å²) < 4.78 is 26.4. The molecule has 0 N–H and O–H groups in total. The molecule has 0 unspecified atom stereocenters. The summed E-state index contributed by atoms with van der Waals surface area (Å²) in [5, 5.41) is 9.71. The average Bonchev–Trinajstić information content (AvgIpc) is 3.37. The van der Waals surface area contributed by atoms with Gasteiger partial charge in [0, 0.05) is 11.8 Å². The van der Waals surface area contributed by atoms with Gasteiger partial charge in [0.25, 0.3) is 0 Å². The van der Waals surface area contributed by atoms with Crippen LogP contribution in [-0.4, -0.2) is 27.1 Å². The molecule has 1 aliphatic carbocycles. The monoisotopic (exact) mass is 387 g/mol. The van der Waals surface area contributed by atoms with Crippen molar-refractivity contribution in [3.05, 3.63) is 48.5 Å². The van der Waals surface area contributed by atoms with E-state index in [-0.39, 0.29) is 5.82 Å². The summed E-state index contributed by atoms with van der Waals surface area (Å²) in [5.41, 5.74) is 0. The van der Waals surface area contributed by atoms with Crippen molar-refractivity contribution in [2.24, 2.45) is 0 Å². The third-order valence-corrected chi connectivity index (χ3v) is 5.65. The Balaban J connectivity index is 1.44. The molecule has 0 bridgehead atoms. The van der Waals surface area contributed by atoms with Gasteiger partial charge in [-0.25, -0.2) is 4.39 Å². The van der Waals surface area contributed by atoms with E-state index in [1.165, 1.54) is 31.4 Å². The van der Waals surface area contributed by atoms with E-state index in [9.17, 15) is 4.39 Å². The number of nitrogens with zero attached hydrogens (tertiary/aromatic N) is 3. The highest BCUT2D eigenvalue weighted by Gasteiger charge is 2.24. The highest BCUT2D eigenvalue weighted by molar-refractivity contribution is 7.99. The topological polar surface area (TPSA) is 53.1 Å². The Morgan fingerprint density at radius 1 is 1.11 bits per heavy atom. The first-order chi connectivity index (χ1) is 13.3. The molecule has 1 aromatic carbocycles. The van der Waals surface area contributed by atoms with Crippen LogP contribution in [0.25, 0.3) is 11.6 Å². The number of furan rings is 1. The van der Waals surface area contributed by atoms with Gasteiger partial charge < -0.3 is 9.15 Å². The van der Waals surface area contributed by atoms with Gasteiger partial charge in [0.15, 0.2) is 10.9 Å². The van der Waals surface area contributed by atoms with E-state index in [0.717, 1.165) is 35.3 Å².